The van der Waals surface area contributed by atoms with E-state index in [0.717, 1.165) is 18.0 Å². The molecule has 2 N–H and O–H groups in total. The van der Waals surface area contributed by atoms with Gasteiger partial charge in [-0.05, 0) is 44.5 Å². The summed E-state index contributed by atoms with van der Waals surface area (Å²) in [6, 6.07) is 6.02. The smallest absolute Gasteiger partial charge is 0.0563 e. The zero-order chi connectivity index (χ0) is 11.3. The molecule has 0 saturated carbocycles. The largest absolute Gasteiger partial charge is 0.399 e. The first-order valence-electron chi connectivity index (χ1n) is 5.20. The molecular formula is C12H19NOS. The molecule has 0 aliphatic heterocycles. The molecule has 1 rings (SSSR count). The molecule has 0 amide bonds. The zero-order valence-corrected chi connectivity index (χ0v) is 10.4. The molecule has 0 spiro atoms. The Kier molecular flexibility index (Phi) is 4.99. The average molecular weight is 225 g/mol. The molecule has 0 aliphatic rings. The lowest BCUT2D eigenvalue weighted by Gasteiger charge is -2.08. The topological polar surface area (TPSA) is 35.2 Å². The normalized spacial score (nSPS) is 10.9. The van der Waals surface area contributed by atoms with E-state index < -0.39 is 0 Å². The molecule has 15 heavy (non-hydrogen) atoms. The monoisotopic (exact) mass is 225 g/mol. The second kappa shape index (κ2) is 6.03. The van der Waals surface area contributed by atoms with Crippen LogP contribution in [0.2, 0.25) is 0 Å². The Labute approximate surface area is 96.2 Å². The number of nitrogens with two attached hydrogens (primary N) is 1. The lowest BCUT2D eigenvalue weighted by Crippen LogP contribution is -2.05. The van der Waals surface area contributed by atoms with Gasteiger partial charge in [0.1, 0.15) is 0 Å². The predicted octanol–water partition coefficient (Wildman–Crippen LogP) is 3.09. The third-order valence-electron chi connectivity index (χ3n) is 1.99. The van der Waals surface area contributed by atoms with Gasteiger partial charge in [0.05, 0.1) is 12.7 Å². The van der Waals surface area contributed by atoms with Crippen LogP contribution >= 0.6 is 11.8 Å². The highest BCUT2D eigenvalue weighted by molar-refractivity contribution is 7.99. The minimum atomic E-state index is 0.318. The fourth-order valence-electron chi connectivity index (χ4n) is 1.27. The summed E-state index contributed by atoms with van der Waals surface area (Å²) in [5, 5.41) is 0. The van der Waals surface area contributed by atoms with Gasteiger partial charge in [0, 0.05) is 16.3 Å². The predicted molar refractivity (Wildman–Crippen MR) is 67.4 cm³/mol. The number of aryl methyl sites for hydroxylation is 1. The molecular weight excluding hydrogens is 206 g/mol. The molecule has 0 unspecified atom stereocenters. The number of benzene rings is 1. The molecule has 0 bridgehead atoms. The third-order valence-corrected chi connectivity index (χ3v) is 3.13. The highest BCUT2D eigenvalue weighted by atomic mass is 32.2. The van der Waals surface area contributed by atoms with E-state index in [0.29, 0.717) is 6.10 Å². The Morgan fingerprint density at radius 2 is 2.13 bits per heavy atom. The molecule has 0 radical (unpaired) electrons. The Morgan fingerprint density at radius 3 is 2.73 bits per heavy atom. The van der Waals surface area contributed by atoms with Crippen LogP contribution in [0.4, 0.5) is 5.69 Å². The van der Waals surface area contributed by atoms with Gasteiger partial charge < -0.3 is 10.5 Å². The van der Waals surface area contributed by atoms with Crippen molar-refractivity contribution in [2.24, 2.45) is 0 Å². The van der Waals surface area contributed by atoms with Gasteiger partial charge in [0.25, 0.3) is 0 Å². The van der Waals surface area contributed by atoms with E-state index in [1.165, 1.54) is 10.5 Å². The van der Waals surface area contributed by atoms with E-state index in [9.17, 15) is 0 Å². The third kappa shape index (κ3) is 4.58. The fraction of sp³-hybridized carbons (Fsp3) is 0.500. The first-order valence-corrected chi connectivity index (χ1v) is 6.18. The van der Waals surface area contributed by atoms with Crippen molar-refractivity contribution in [3.05, 3.63) is 23.8 Å². The molecule has 0 aliphatic carbocycles. The molecule has 0 heterocycles. The number of thioether (sulfide) groups is 1. The lowest BCUT2D eigenvalue weighted by molar-refractivity contribution is 0.0920. The van der Waals surface area contributed by atoms with Gasteiger partial charge in [-0.3, -0.25) is 0 Å². The summed E-state index contributed by atoms with van der Waals surface area (Å²) >= 11 is 1.82. The van der Waals surface area contributed by atoms with E-state index in [1.54, 1.807) is 0 Å². The summed E-state index contributed by atoms with van der Waals surface area (Å²) in [7, 11) is 0. The van der Waals surface area contributed by atoms with Crippen LogP contribution in [0.15, 0.2) is 23.1 Å². The summed E-state index contributed by atoms with van der Waals surface area (Å²) < 4.78 is 5.48. The molecule has 0 aromatic heterocycles. The van der Waals surface area contributed by atoms with Crippen molar-refractivity contribution in [2.75, 3.05) is 18.1 Å². The summed E-state index contributed by atoms with van der Waals surface area (Å²) in [4.78, 5) is 1.29. The number of rotatable bonds is 5. The molecule has 0 fully saturated rings. The summed E-state index contributed by atoms with van der Waals surface area (Å²) in [5.74, 6) is 0.989. The Bertz CT molecular complexity index is 312. The second-order valence-electron chi connectivity index (χ2n) is 3.79. The van der Waals surface area contributed by atoms with Crippen LogP contribution in [-0.2, 0) is 4.74 Å². The highest BCUT2D eigenvalue weighted by Gasteiger charge is 2.00. The summed E-state index contributed by atoms with van der Waals surface area (Å²) in [6.45, 7) is 6.99. The standard InChI is InChI=1S/C12H19NOS/c1-9(2)14-6-7-15-12-5-4-11(13)8-10(12)3/h4-5,8-9H,6-7,13H2,1-3H3. The minimum absolute atomic E-state index is 0.318. The van der Waals surface area contributed by atoms with Crippen LogP contribution in [0.3, 0.4) is 0 Å². The fourth-order valence-corrected chi connectivity index (χ4v) is 2.12. The quantitative estimate of drug-likeness (QED) is 0.475. The Morgan fingerprint density at radius 1 is 1.40 bits per heavy atom. The van der Waals surface area contributed by atoms with Crippen molar-refractivity contribution in [3.8, 4) is 0 Å². The van der Waals surface area contributed by atoms with Gasteiger partial charge in [-0.15, -0.1) is 11.8 Å². The number of anilines is 1. The second-order valence-corrected chi connectivity index (χ2v) is 4.93. The summed E-state index contributed by atoms with van der Waals surface area (Å²) in [5.41, 5.74) is 7.76. The van der Waals surface area contributed by atoms with Crippen molar-refractivity contribution in [3.63, 3.8) is 0 Å². The number of ether oxygens (including phenoxy) is 1. The van der Waals surface area contributed by atoms with Crippen LogP contribution in [-0.4, -0.2) is 18.5 Å². The van der Waals surface area contributed by atoms with E-state index in [1.807, 2.05) is 23.9 Å². The van der Waals surface area contributed by atoms with Crippen molar-refractivity contribution in [1.82, 2.24) is 0 Å². The van der Waals surface area contributed by atoms with Crippen molar-refractivity contribution < 1.29 is 4.74 Å². The molecule has 1 aromatic carbocycles. The Hall–Kier alpha value is -0.670. The number of nitrogen functional groups attached to an aromatic ring is 1. The molecule has 3 heteroatoms. The van der Waals surface area contributed by atoms with Gasteiger partial charge in [-0.1, -0.05) is 0 Å². The first kappa shape index (κ1) is 12.4. The van der Waals surface area contributed by atoms with Crippen LogP contribution in [0.25, 0.3) is 0 Å². The van der Waals surface area contributed by atoms with Gasteiger partial charge in [-0.2, -0.15) is 0 Å². The maximum Gasteiger partial charge on any atom is 0.0563 e. The highest BCUT2D eigenvalue weighted by Crippen LogP contribution is 2.23. The van der Waals surface area contributed by atoms with Crippen molar-refractivity contribution in [2.45, 2.75) is 31.8 Å². The number of hydrogen-bond acceptors (Lipinski definition) is 3. The molecule has 2 nitrogen and oxygen atoms in total. The molecule has 0 saturated heterocycles. The van der Waals surface area contributed by atoms with Gasteiger partial charge >= 0.3 is 0 Å². The van der Waals surface area contributed by atoms with Crippen LogP contribution < -0.4 is 5.73 Å². The van der Waals surface area contributed by atoms with E-state index in [4.69, 9.17) is 10.5 Å². The minimum Gasteiger partial charge on any atom is -0.399 e. The van der Waals surface area contributed by atoms with Gasteiger partial charge in [0.15, 0.2) is 0 Å². The van der Waals surface area contributed by atoms with Gasteiger partial charge in [-0.25, -0.2) is 0 Å². The number of hydrogen-bond donors (Lipinski definition) is 1. The van der Waals surface area contributed by atoms with E-state index >= 15 is 0 Å². The van der Waals surface area contributed by atoms with Crippen molar-refractivity contribution in [1.29, 1.82) is 0 Å². The van der Waals surface area contributed by atoms with E-state index in [2.05, 4.69) is 26.8 Å². The van der Waals surface area contributed by atoms with Crippen LogP contribution in [0, 0.1) is 6.92 Å². The SMILES string of the molecule is Cc1cc(N)ccc1SCCOC(C)C. The summed E-state index contributed by atoms with van der Waals surface area (Å²) in [6.07, 6.45) is 0.318. The maximum atomic E-state index is 5.69. The first-order chi connectivity index (χ1) is 7.09. The average Bonchev–Trinajstić information content (AvgIpc) is 2.14. The molecule has 0 atom stereocenters. The van der Waals surface area contributed by atoms with Crippen LogP contribution in [0.5, 0.6) is 0 Å². The van der Waals surface area contributed by atoms with Crippen molar-refractivity contribution >= 4 is 17.4 Å². The Balaban J connectivity index is 2.37. The zero-order valence-electron chi connectivity index (χ0n) is 9.62. The molecule has 1 aromatic rings. The van der Waals surface area contributed by atoms with Crippen LogP contribution in [0.1, 0.15) is 19.4 Å². The van der Waals surface area contributed by atoms with Gasteiger partial charge in [0.2, 0.25) is 0 Å². The maximum absolute atomic E-state index is 5.69. The lowest BCUT2D eigenvalue weighted by atomic mass is 10.2. The molecule has 84 valence electrons. The van der Waals surface area contributed by atoms with E-state index in [-0.39, 0.29) is 0 Å².